The largest absolute Gasteiger partial charge is 0.480 e. The molecule has 8 nitrogen and oxygen atoms in total. The molecule has 1 aromatic heterocycles. The van der Waals surface area contributed by atoms with Crippen molar-refractivity contribution < 1.29 is 37.4 Å². The van der Waals surface area contributed by atoms with E-state index in [1.165, 1.54) is 6.07 Å². The number of alkyl halides is 2. The van der Waals surface area contributed by atoms with E-state index in [9.17, 15) is 23.2 Å². The van der Waals surface area contributed by atoms with Crippen molar-refractivity contribution in [3.63, 3.8) is 0 Å². The number of carbonyl (C=O) groups excluding carboxylic acids is 2. The first-order valence-corrected chi connectivity index (χ1v) is 10.4. The van der Waals surface area contributed by atoms with Gasteiger partial charge < -0.3 is 19.6 Å². The second-order valence-electron chi connectivity index (χ2n) is 7.61. The lowest BCUT2D eigenvalue weighted by atomic mass is 9.98. The first kappa shape index (κ1) is 23.0. The van der Waals surface area contributed by atoms with Gasteiger partial charge in [0, 0.05) is 18.4 Å². The SMILES string of the molecule is O=C(Nc1ccoc1C(=O)NC(CC(F)F)C(=O)O)OCC1c2ccccc2-c2ccccc21. The van der Waals surface area contributed by atoms with Gasteiger partial charge >= 0.3 is 12.1 Å². The minimum absolute atomic E-state index is 0.0364. The molecule has 1 atom stereocenters. The molecule has 0 saturated carbocycles. The molecular formula is C24H20F2N2O6. The van der Waals surface area contributed by atoms with Gasteiger partial charge in [-0.1, -0.05) is 48.5 Å². The van der Waals surface area contributed by atoms with Crippen LogP contribution in [0.5, 0.6) is 0 Å². The number of carbonyl (C=O) groups is 3. The summed E-state index contributed by atoms with van der Waals surface area (Å²) in [4.78, 5) is 35.9. The summed E-state index contributed by atoms with van der Waals surface area (Å²) in [6.07, 6.45) is -3.77. The third kappa shape index (κ3) is 4.75. The number of hydrogen-bond donors (Lipinski definition) is 3. The highest BCUT2D eigenvalue weighted by Crippen LogP contribution is 2.44. The van der Waals surface area contributed by atoms with E-state index in [0.717, 1.165) is 28.5 Å². The summed E-state index contributed by atoms with van der Waals surface area (Å²) in [6.45, 7) is 0.0364. The molecule has 0 spiro atoms. The van der Waals surface area contributed by atoms with Gasteiger partial charge in [0.15, 0.2) is 0 Å². The van der Waals surface area contributed by atoms with Crippen LogP contribution in [-0.4, -0.2) is 42.2 Å². The average Bonchev–Trinajstić information content (AvgIpc) is 3.39. The first-order chi connectivity index (χ1) is 16.3. The summed E-state index contributed by atoms with van der Waals surface area (Å²) in [7, 11) is 0. The van der Waals surface area contributed by atoms with Crippen LogP contribution in [0.15, 0.2) is 65.3 Å². The average molecular weight is 470 g/mol. The van der Waals surface area contributed by atoms with Gasteiger partial charge in [-0.2, -0.15) is 0 Å². The van der Waals surface area contributed by atoms with Gasteiger partial charge in [0.25, 0.3) is 5.91 Å². The molecule has 0 bridgehead atoms. The van der Waals surface area contributed by atoms with E-state index in [4.69, 9.17) is 14.3 Å². The lowest BCUT2D eigenvalue weighted by Gasteiger charge is -2.15. The van der Waals surface area contributed by atoms with Crippen molar-refractivity contribution in [2.45, 2.75) is 24.8 Å². The van der Waals surface area contributed by atoms with Gasteiger partial charge in [-0.05, 0) is 22.3 Å². The molecular weight excluding hydrogens is 450 g/mol. The van der Waals surface area contributed by atoms with Crippen molar-refractivity contribution >= 4 is 23.7 Å². The standard InChI is InChI=1S/C24H20F2N2O6/c25-20(26)11-19(23(30)31)27-22(29)21-18(9-10-33-21)28-24(32)34-12-17-15-7-3-1-5-13(15)14-6-2-4-8-16(14)17/h1-10,17,19-20H,11-12H2,(H,27,29)(H,28,32)(H,30,31). The topological polar surface area (TPSA) is 118 Å². The summed E-state index contributed by atoms with van der Waals surface area (Å²) in [6, 6.07) is 15.1. The fourth-order valence-electron chi connectivity index (χ4n) is 3.95. The molecule has 1 aliphatic rings. The molecule has 4 rings (SSSR count). The van der Waals surface area contributed by atoms with E-state index >= 15 is 0 Å². The highest BCUT2D eigenvalue weighted by molar-refractivity contribution is 6.01. The van der Waals surface area contributed by atoms with Crippen LogP contribution in [0.2, 0.25) is 0 Å². The normalized spacial score (nSPS) is 13.1. The number of amides is 2. The van der Waals surface area contributed by atoms with E-state index in [1.807, 2.05) is 53.8 Å². The van der Waals surface area contributed by atoms with Crippen molar-refractivity contribution in [2.24, 2.45) is 0 Å². The van der Waals surface area contributed by atoms with Crippen molar-refractivity contribution in [1.82, 2.24) is 5.32 Å². The number of carboxylic acid groups (broad SMARTS) is 1. The number of nitrogens with one attached hydrogen (secondary N) is 2. The molecule has 34 heavy (non-hydrogen) atoms. The van der Waals surface area contributed by atoms with Crippen LogP contribution >= 0.6 is 0 Å². The van der Waals surface area contributed by atoms with Gasteiger partial charge in [0.2, 0.25) is 12.2 Å². The molecule has 1 aliphatic carbocycles. The number of ether oxygens (including phenoxy) is 1. The highest BCUT2D eigenvalue weighted by Gasteiger charge is 2.30. The molecule has 0 radical (unpaired) electrons. The zero-order valence-electron chi connectivity index (χ0n) is 17.7. The van der Waals surface area contributed by atoms with Gasteiger partial charge in [-0.15, -0.1) is 0 Å². The molecule has 3 N–H and O–H groups in total. The lowest BCUT2D eigenvalue weighted by molar-refractivity contribution is -0.140. The zero-order valence-corrected chi connectivity index (χ0v) is 17.7. The number of furan rings is 1. The molecule has 1 unspecified atom stereocenters. The minimum atomic E-state index is -2.93. The first-order valence-electron chi connectivity index (χ1n) is 10.4. The third-order valence-electron chi connectivity index (χ3n) is 5.47. The molecule has 0 saturated heterocycles. The van der Waals surface area contributed by atoms with E-state index in [0.29, 0.717) is 0 Å². The molecule has 3 aromatic rings. The Balaban J connectivity index is 1.41. The molecule has 0 fully saturated rings. The molecule has 10 heteroatoms. The van der Waals surface area contributed by atoms with Crippen LogP contribution in [0.3, 0.4) is 0 Å². The Hall–Kier alpha value is -4.21. The van der Waals surface area contributed by atoms with E-state index < -0.39 is 42.6 Å². The minimum Gasteiger partial charge on any atom is -0.480 e. The van der Waals surface area contributed by atoms with E-state index in [2.05, 4.69) is 5.32 Å². The maximum atomic E-state index is 12.6. The van der Waals surface area contributed by atoms with Gasteiger partial charge in [0.1, 0.15) is 12.6 Å². The predicted octanol–water partition coefficient (Wildman–Crippen LogP) is 4.48. The molecule has 1 heterocycles. The van der Waals surface area contributed by atoms with Crippen LogP contribution in [0, 0.1) is 0 Å². The Morgan fingerprint density at radius 1 is 1.00 bits per heavy atom. The maximum absolute atomic E-state index is 12.6. The maximum Gasteiger partial charge on any atom is 0.411 e. The molecule has 2 aromatic carbocycles. The Bertz CT molecular complexity index is 1180. The smallest absolute Gasteiger partial charge is 0.411 e. The van der Waals surface area contributed by atoms with Gasteiger partial charge in [0.05, 0.1) is 12.0 Å². The van der Waals surface area contributed by atoms with Crippen LogP contribution in [0.4, 0.5) is 19.3 Å². The number of carboxylic acids is 1. The summed E-state index contributed by atoms with van der Waals surface area (Å²) in [5.41, 5.74) is 4.10. The zero-order chi connectivity index (χ0) is 24.2. The summed E-state index contributed by atoms with van der Waals surface area (Å²) < 4.78 is 35.6. The van der Waals surface area contributed by atoms with E-state index in [-0.39, 0.29) is 18.2 Å². The Morgan fingerprint density at radius 2 is 1.62 bits per heavy atom. The second kappa shape index (κ2) is 9.74. The Labute approximate surface area is 192 Å². The summed E-state index contributed by atoms with van der Waals surface area (Å²) in [5, 5.41) is 13.4. The molecule has 2 amide bonds. The number of benzene rings is 2. The van der Waals surface area contributed by atoms with Crippen molar-refractivity contribution in [1.29, 1.82) is 0 Å². The van der Waals surface area contributed by atoms with Crippen molar-refractivity contribution in [2.75, 3.05) is 11.9 Å². The number of halogens is 2. The lowest BCUT2D eigenvalue weighted by Crippen LogP contribution is -2.42. The van der Waals surface area contributed by atoms with Crippen LogP contribution in [0.25, 0.3) is 11.1 Å². The summed E-state index contributed by atoms with van der Waals surface area (Å²) >= 11 is 0. The fraction of sp³-hybridized carbons (Fsp3) is 0.208. The fourth-order valence-corrected chi connectivity index (χ4v) is 3.95. The van der Waals surface area contributed by atoms with Gasteiger partial charge in [-0.25, -0.2) is 18.4 Å². The molecule has 176 valence electrons. The van der Waals surface area contributed by atoms with Crippen LogP contribution in [-0.2, 0) is 9.53 Å². The Morgan fingerprint density at radius 3 is 2.21 bits per heavy atom. The van der Waals surface area contributed by atoms with Crippen LogP contribution in [0.1, 0.15) is 34.0 Å². The number of hydrogen-bond acceptors (Lipinski definition) is 5. The quantitative estimate of drug-likeness (QED) is 0.447. The monoisotopic (exact) mass is 470 g/mol. The van der Waals surface area contributed by atoms with Crippen LogP contribution < -0.4 is 10.6 Å². The van der Waals surface area contributed by atoms with Crippen molar-refractivity contribution in [3.8, 4) is 11.1 Å². The van der Waals surface area contributed by atoms with E-state index in [1.54, 1.807) is 0 Å². The summed E-state index contributed by atoms with van der Waals surface area (Å²) in [5.74, 6) is -3.29. The number of anilines is 1. The van der Waals surface area contributed by atoms with Crippen molar-refractivity contribution in [3.05, 3.63) is 77.7 Å². The van der Waals surface area contributed by atoms with Gasteiger partial charge in [-0.3, -0.25) is 10.1 Å². The second-order valence-corrected chi connectivity index (χ2v) is 7.61. The predicted molar refractivity (Wildman–Crippen MR) is 117 cm³/mol. The number of aliphatic carboxylic acids is 1. The number of fused-ring (bicyclic) bond motifs is 3. The highest BCUT2D eigenvalue weighted by atomic mass is 19.3. The number of rotatable bonds is 8. The Kier molecular flexibility index (Phi) is 6.58. The molecule has 0 aliphatic heterocycles. The third-order valence-corrected chi connectivity index (χ3v) is 5.47.